The minimum atomic E-state index is 0.249. The van der Waals surface area contributed by atoms with Crippen LogP contribution in [0.5, 0.6) is 0 Å². The summed E-state index contributed by atoms with van der Waals surface area (Å²) in [4.78, 5) is 14.8. The first-order chi connectivity index (χ1) is 10.1. The minimum Gasteiger partial charge on any atom is -0.399 e. The number of likely N-dealkylation sites (tertiary alicyclic amines) is 1. The van der Waals surface area contributed by atoms with Gasteiger partial charge in [-0.2, -0.15) is 0 Å². The Kier molecular flexibility index (Phi) is 5.66. The fourth-order valence-electron chi connectivity index (χ4n) is 3.25. The first kappa shape index (κ1) is 15.9. The number of nitrogens with zero attached hydrogens (tertiary/aromatic N) is 1. The second kappa shape index (κ2) is 7.48. The molecule has 1 fully saturated rings. The third kappa shape index (κ3) is 4.23. The summed E-state index contributed by atoms with van der Waals surface area (Å²) in [6.45, 7) is 5.26. The van der Waals surface area contributed by atoms with Crippen LogP contribution in [0.1, 0.15) is 63.9 Å². The molecule has 1 amide bonds. The van der Waals surface area contributed by atoms with Gasteiger partial charge < -0.3 is 10.6 Å². The highest BCUT2D eigenvalue weighted by Crippen LogP contribution is 2.25. The van der Waals surface area contributed by atoms with Crippen molar-refractivity contribution in [2.24, 2.45) is 0 Å². The van der Waals surface area contributed by atoms with E-state index in [-0.39, 0.29) is 5.92 Å². The van der Waals surface area contributed by atoms with Gasteiger partial charge in [-0.25, -0.2) is 0 Å². The van der Waals surface area contributed by atoms with Gasteiger partial charge in [-0.05, 0) is 42.9 Å². The molecule has 1 aromatic carbocycles. The monoisotopic (exact) mass is 288 g/mol. The standard InChI is InChI=1S/C18H28N2O/c1-3-17-7-5-4-6-12-20(17)18(21)13-14(2)15-8-10-16(19)11-9-15/h8-11,14,17H,3-7,12-13,19H2,1-2H3. The number of anilines is 1. The molecule has 0 spiro atoms. The van der Waals surface area contributed by atoms with Gasteiger partial charge in [0.25, 0.3) is 0 Å². The van der Waals surface area contributed by atoms with Gasteiger partial charge in [-0.1, -0.05) is 38.8 Å². The molecule has 0 aliphatic carbocycles. The van der Waals surface area contributed by atoms with Gasteiger partial charge in [0.05, 0.1) is 0 Å². The summed E-state index contributed by atoms with van der Waals surface area (Å²) in [5, 5.41) is 0. The maximum Gasteiger partial charge on any atom is 0.223 e. The molecule has 1 aliphatic heterocycles. The number of nitrogens with two attached hydrogens (primary N) is 1. The van der Waals surface area contributed by atoms with Crippen molar-refractivity contribution in [2.45, 2.75) is 64.3 Å². The van der Waals surface area contributed by atoms with Crippen molar-refractivity contribution >= 4 is 11.6 Å². The lowest BCUT2D eigenvalue weighted by Gasteiger charge is -2.30. The molecule has 1 aromatic rings. The van der Waals surface area contributed by atoms with E-state index < -0.39 is 0 Å². The molecular formula is C18H28N2O. The number of carbonyl (C=O) groups is 1. The van der Waals surface area contributed by atoms with Gasteiger partial charge in [-0.3, -0.25) is 4.79 Å². The van der Waals surface area contributed by atoms with Gasteiger partial charge in [0.15, 0.2) is 0 Å². The van der Waals surface area contributed by atoms with Crippen LogP contribution in [0.15, 0.2) is 24.3 Å². The van der Waals surface area contributed by atoms with E-state index in [1.165, 1.54) is 24.8 Å². The number of nitrogen functional groups attached to an aromatic ring is 1. The summed E-state index contributed by atoms with van der Waals surface area (Å²) in [5.41, 5.74) is 7.69. The molecule has 0 aromatic heterocycles. The van der Waals surface area contributed by atoms with Gasteiger partial charge >= 0.3 is 0 Å². The average molecular weight is 288 g/mol. The Balaban J connectivity index is 2.00. The zero-order chi connectivity index (χ0) is 15.2. The summed E-state index contributed by atoms with van der Waals surface area (Å²) >= 11 is 0. The topological polar surface area (TPSA) is 46.3 Å². The quantitative estimate of drug-likeness (QED) is 0.853. The van der Waals surface area contributed by atoms with Crippen molar-refractivity contribution in [1.29, 1.82) is 0 Å². The molecule has 0 bridgehead atoms. The lowest BCUT2D eigenvalue weighted by atomic mass is 9.96. The van der Waals surface area contributed by atoms with Crippen LogP contribution in [0, 0.1) is 0 Å². The number of rotatable bonds is 4. The molecular weight excluding hydrogens is 260 g/mol. The molecule has 2 N–H and O–H groups in total. The number of benzene rings is 1. The second-order valence-electron chi connectivity index (χ2n) is 6.27. The lowest BCUT2D eigenvalue weighted by Crippen LogP contribution is -2.40. The van der Waals surface area contributed by atoms with E-state index in [1.807, 2.05) is 24.3 Å². The van der Waals surface area contributed by atoms with E-state index in [2.05, 4.69) is 18.7 Å². The molecule has 21 heavy (non-hydrogen) atoms. The van der Waals surface area contributed by atoms with Crippen molar-refractivity contribution in [1.82, 2.24) is 4.90 Å². The van der Waals surface area contributed by atoms with Crippen molar-refractivity contribution in [2.75, 3.05) is 12.3 Å². The highest BCUT2D eigenvalue weighted by atomic mass is 16.2. The van der Waals surface area contributed by atoms with Crippen LogP contribution >= 0.6 is 0 Å². The van der Waals surface area contributed by atoms with Crippen LogP contribution in [-0.4, -0.2) is 23.4 Å². The van der Waals surface area contributed by atoms with E-state index in [1.54, 1.807) is 0 Å². The normalized spacial score (nSPS) is 20.9. The first-order valence-corrected chi connectivity index (χ1v) is 8.26. The van der Waals surface area contributed by atoms with Crippen LogP contribution in [0.4, 0.5) is 5.69 Å². The molecule has 0 saturated carbocycles. The third-order valence-electron chi connectivity index (χ3n) is 4.66. The van der Waals surface area contributed by atoms with Crippen LogP contribution in [0.25, 0.3) is 0 Å². The van der Waals surface area contributed by atoms with Crippen molar-refractivity contribution in [3.8, 4) is 0 Å². The molecule has 1 heterocycles. The predicted molar refractivity (Wildman–Crippen MR) is 88.1 cm³/mol. The zero-order valence-electron chi connectivity index (χ0n) is 13.3. The molecule has 0 radical (unpaired) electrons. The van der Waals surface area contributed by atoms with Crippen LogP contribution in [-0.2, 0) is 4.79 Å². The SMILES string of the molecule is CCC1CCCCCN1C(=O)CC(C)c1ccc(N)cc1. The summed E-state index contributed by atoms with van der Waals surface area (Å²) in [6.07, 6.45) is 6.50. The van der Waals surface area contributed by atoms with Gasteiger partial charge in [0, 0.05) is 24.7 Å². The van der Waals surface area contributed by atoms with Crippen LogP contribution < -0.4 is 5.73 Å². The van der Waals surface area contributed by atoms with E-state index in [0.29, 0.717) is 18.4 Å². The maximum atomic E-state index is 12.7. The Labute approximate surface area is 128 Å². The number of carbonyl (C=O) groups excluding carboxylic acids is 1. The molecule has 2 rings (SSSR count). The second-order valence-corrected chi connectivity index (χ2v) is 6.27. The van der Waals surface area contributed by atoms with Crippen LogP contribution in [0.3, 0.4) is 0 Å². The predicted octanol–water partition coefficient (Wildman–Crippen LogP) is 3.94. The number of amides is 1. The van der Waals surface area contributed by atoms with Crippen molar-refractivity contribution in [3.63, 3.8) is 0 Å². The zero-order valence-corrected chi connectivity index (χ0v) is 13.3. The lowest BCUT2D eigenvalue weighted by molar-refractivity contribution is -0.133. The fourth-order valence-corrected chi connectivity index (χ4v) is 3.25. The average Bonchev–Trinajstić information content (AvgIpc) is 2.72. The largest absolute Gasteiger partial charge is 0.399 e. The van der Waals surface area contributed by atoms with Gasteiger partial charge in [-0.15, -0.1) is 0 Å². The molecule has 2 atom stereocenters. The van der Waals surface area contributed by atoms with E-state index >= 15 is 0 Å². The Morgan fingerprint density at radius 1 is 1.29 bits per heavy atom. The molecule has 1 aliphatic rings. The highest BCUT2D eigenvalue weighted by molar-refractivity contribution is 5.77. The highest BCUT2D eigenvalue weighted by Gasteiger charge is 2.25. The van der Waals surface area contributed by atoms with E-state index in [0.717, 1.165) is 25.1 Å². The Bertz CT molecular complexity index is 455. The fraction of sp³-hybridized carbons (Fsp3) is 0.611. The molecule has 2 unspecified atom stereocenters. The van der Waals surface area contributed by atoms with Gasteiger partial charge in [0.1, 0.15) is 0 Å². The summed E-state index contributed by atoms with van der Waals surface area (Å²) in [5.74, 6) is 0.562. The Hall–Kier alpha value is -1.51. The smallest absolute Gasteiger partial charge is 0.223 e. The van der Waals surface area contributed by atoms with Crippen LogP contribution in [0.2, 0.25) is 0 Å². The Morgan fingerprint density at radius 2 is 2.00 bits per heavy atom. The van der Waals surface area contributed by atoms with E-state index in [9.17, 15) is 4.79 Å². The number of hydrogen-bond acceptors (Lipinski definition) is 2. The molecule has 1 saturated heterocycles. The maximum absolute atomic E-state index is 12.7. The van der Waals surface area contributed by atoms with Gasteiger partial charge in [0.2, 0.25) is 5.91 Å². The van der Waals surface area contributed by atoms with E-state index in [4.69, 9.17) is 5.73 Å². The summed E-state index contributed by atoms with van der Waals surface area (Å²) < 4.78 is 0. The first-order valence-electron chi connectivity index (χ1n) is 8.26. The third-order valence-corrected chi connectivity index (χ3v) is 4.66. The Morgan fingerprint density at radius 3 is 2.67 bits per heavy atom. The van der Waals surface area contributed by atoms with Crippen molar-refractivity contribution < 1.29 is 4.79 Å². The molecule has 116 valence electrons. The number of hydrogen-bond donors (Lipinski definition) is 1. The summed E-state index contributed by atoms with van der Waals surface area (Å²) in [7, 11) is 0. The molecule has 3 heteroatoms. The molecule has 3 nitrogen and oxygen atoms in total. The minimum absolute atomic E-state index is 0.249. The summed E-state index contributed by atoms with van der Waals surface area (Å²) in [6, 6.07) is 8.34. The van der Waals surface area contributed by atoms with Crippen molar-refractivity contribution in [3.05, 3.63) is 29.8 Å².